The number of fused-ring (bicyclic) bond motifs is 4. The number of ether oxygens (including phenoxy) is 1. The monoisotopic (exact) mass is 555 g/mol. The average molecular weight is 556 g/mol. The van der Waals surface area contributed by atoms with Crippen molar-refractivity contribution in [1.82, 2.24) is 4.40 Å². The summed E-state index contributed by atoms with van der Waals surface area (Å²) < 4.78 is 8.44. The topological polar surface area (TPSA) is 47.8 Å². The van der Waals surface area contributed by atoms with Gasteiger partial charge in [-0.05, 0) is 59.7 Å². The molecule has 0 aliphatic carbocycles. The van der Waals surface area contributed by atoms with E-state index in [0.717, 1.165) is 21.0 Å². The number of nitrogens with zero attached hydrogens (tertiary/aromatic N) is 1. The molecular formula is C31H22ClNO3S2. The van der Waals surface area contributed by atoms with Crippen LogP contribution in [0.1, 0.15) is 38.1 Å². The molecule has 38 heavy (non-hydrogen) atoms. The van der Waals surface area contributed by atoms with Crippen molar-refractivity contribution in [3.8, 4) is 0 Å². The van der Waals surface area contributed by atoms with Crippen LogP contribution in [0, 0.1) is 0 Å². The second-order valence-electron chi connectivity index (χ2n) is 8.76. The molecule has 0 atom stereocenters. The van der Waals surface area contributed by atoms with Crippen molar-refractivity contribution in [3.05, 3.63) is 118 Å². The molecule has 3 aromatic heterocycles. The predicted molar refractivity (Wildman–Crippen MR) is 157 cm³/mol. The molecule has 0 radical (unpaired) electrons. The molecule has 7 heteroatoms. The molecule has 6 aromatic rings. The fourth-order valence-electron chi connectivity index (χ4n) is 4.78. The molecule has 0 saturated heterocycles. The van der Waals surface area contributed by atoms with Crippen LogP contribution in [-0.4, -0.2) is 22.8 Å². The Labute approximate surface area is 232 Å². The Kier molecular flexibility index (Phi) is 6.70. The minimum absolute atomic E-state index is 0.143. The molecule has 0 aliphatic heterocycles. The van der Waals surface area contributed by atoms with Crippen molar-refractivity contribution >= 4 is 73.6 Å². The summed E-state index contributed by atoms with van der Waals surface area (Å²) in [4.78, 5) is 27.6. The van der Waals surface area contributed by atoms with Gasteiger partial charge in [-0.25, -0.2) is 4.79 Å². The summed E-state index contributed by atoms with van der Waals surface area (Å²) in [6.45, 7) is 2.03. The smallest absolute Gasteiger partial charge is 0.341 e. The number of ketones is 1. The van der Waals surface area contributed by atoms with E-state index in [1.54, 1.807) is 43.0 Å². The zero-order valence-corrected chi connectivity index (χ0v) is 22.8. The fraction of sp³-hybridized carbons (Fsp3) is 0.0968. The third-order valence-corrected chi connectivity index (χ3v) is 9.23. The first-order valence-corrected chi connectivity index (χ1v) is 14.4. The molecule has 0 spiro atoms. The number of thioether (sulfide) groups is 1. The van der Waals surface area contributed by atoms with E-state index in [1.807, 2.05) is 34.9 Å². The SMILES string of the molecule is CCOC(=O)c1c2c(C(=O)c3ccc(Cl)cc3)sc(SCc3cccc4ccccc34)c2n2ccccc12. The molecule has 0 bridgehead atoms. The molecule has 0 unspecified atom stereocenters. The predicted octanol–water partition coefficient (Wildman–Crippen LogP) is 8.66. The van der Waals surface area contributed by atoms with E-state index in [0.29, 0.717) is 26.4 Å². The quantitative estimate of drug-likeness (QED) is 0.112. The van der Waals surface area contributed by atoms with E-state index in [9.17, 15) is 9.59 Å². The zero-order chi connectivity index (χ0) is 26.2. The Morgan fingerprint density at radius 3 is 2.53 bits per heavy atom. The number of hydrogen-bond acceptors (Lipinski definition) is 5. The summed E-state index contributed by atoms with van der Waals surface area (Å²) in [7, 11) is 0. The molecule has 4 nitrogen and oxygen atoms in total. The second-order valence-corrected chi connectivity index (χ2v) is 11.5. The summed E-state index contributed by atoms with van der Waals surface area (Å²) in [5, 5.41) is 3.60. The lowest BCUT2D eigenvalue weighted by molar-refractivity contribution is 0.0531. The molecule has 0 fully saturated rings. The van der Waals surface area contributed by atoms with Crippen LogP contribution in [0.3, 0.4) is 0 Å². The van der Waals surface area contributed by atoms with Gasteiger partial charge in [0.25, 0.3) is 0 Å². The fourth-order valence-corrected chi connectivity index (χ4v) is 7.44. The largest absolute Gasteiger partial charge is 0.462 e. The Bertz CT molecular complexity index is 1830. The highest BCUT2D eigenvalue weighted by molar-refractivity contribution is 8.00. The van der Waals surface area contributed by atoms with Gasteiger partial charge in [-0.15, -0.1) is 23.1 Å². The first-order chi connectivity index (χ1) is 18.6. The van der Waals surface area contributed by atoms with E-state index >= 15 is 0 Å². The van der Waals surface area contributed by atoms with Crippen LogP contribution in [0.4, 0.5) is 0 Å². The van der Waals surface area contributed by atoms with Gasteiger partial charge >= 0.3 is 5.97 Å². The maximum atomic E-state index is 13.8. The van der Waals surface area contributed by atoms with Crippen LogP contribution >= 0.6 is 34.7 Å². The highest BCUT2D eigenvalue weighted by Gasteiger charge is 2.29. The van der Waals surface area contributed by atoms with Crippen molar-refractivity contribution in [2.45, 2.75) is 16.9 Å². The van der Waals surface area contributed by atoms with Crippen molar-refractivity contribution < 1.29 is 14.3 Å². The van der Waals surface area contributed by atoms with Crippen LogP contribution < -0.4 is 0 Å². The van der Waals surface area contributed by atoms with Crippen LogP contribution in [0.25, 0.3) is 27.2 Å². The molecule has 0 N–H and O–H groups in total. The summed E-state index contributed by atoms with van der Waals surface area (Å²) in [6.07, 6.45) is 1.94. The Hall–Kier alpha value is -3.58. The number of carbonyl (C=O) groups is 2. The average Bonchev–Trinajstić information content (AvgIpc) is 3.48. The zero-order valence-electron chi connectivity index (χ0n) is 20.4. The van der Waals surface area contributed by atoms with Crippen LogP contribution in [0.15, 0.2) is 95.3 Å². The molecule has 3 heterocycles. The molecule has 0 amide bonds. The van der Waals surface area contributed by atoms with E-state index < -0.39 is 5.97 Å². The highest BCUT2D eigenvalue weighted by Crippen LogP contribution is 2.45. The minimum Gasteiger partial charge on any atom is -0.462 e. The number of halogens is 1. The lowest BCUT2D eigenvalue weighted by Gasteiger charge is -2.06. The number of benzene rings is 3. The second kappa shape index (κ2) is 10.3. The molecule has 0 saturated carbocycles. The lowest BCUT2D eigenvalue weighted by Crippen LogP contribution is -2.06. The number of hydrogen-bond donors (Lipinski definition) is 0. The van der Waals surface area contributed by atoms with E-state index in [2.05, 4.69) is 36.4 Å². The van der Waals surface area contributed by atoms with Gasteiger partial charge in [0.05, 0.1) is 32.3 Å². The first kappa shape index (κ1) is 24.7. The van der Waals surface area contributed by atoms with Crippen molar-refractivity contribution in [3.63, 3.8) is 0 Å². The Morgan fingerprint density at radius 1 is 0.947 bits per heavy atom. The number of carbonyl (C=O) groups excluding carboxylic acids is 2. The number of rotatable bonds is 7. The van der Waals surface area contributed by atoms with Gasteiger partial charge in [0.2, 0.25) is 5.78 Å². The van der Waals surface area contributed by atoms with Gasteiger partial charge in [0.1, 0.15) is 0 Å². The van der Waals surface area contributed by atoms with E-state index in [1.165, 1.54) is 27.7 Å². The van der Waals surface area contributed by atoms with Gasteiger partial charge in [-0.3, -0.25) is 4.79 Å². The number of thiophene rings is 1. The maximum Gasteiger partial charge on any atom is 0.341 e. The van der Waals surface area contributed by atoms with Crippen LogP contribution in [-0.2, 0) is 10.5 Å². The summed E-state index contributed by atoms with van der Waals surface area (Å²) in [5.41, 5.74) is 3.74. The number of esters is 1. The highest BCUT2D eigenvalue weighted by atomic mass is 35.5. The maximum absolute atomic E-state index is 13.8. The molecule has 188 valence electrons. The molecule has 3 aromatic carbocycles. The third kappa shape index (κ3) is 4.29. The van der Waals surface area contributed by atoms with Gasteiger partial charge < -0.3 is 9.14 Å². The lowest BCUT2D eigenvalue weighted by atomic mass is 10.1. The number of pyridine rings is 1. The first-order valence-electron chi connectivity index (χ1n) is 12.2. The minimum atomic E-state index is -0.431. The Morgan fingerprint density at radius 2 is 1.71 bits per heavy atom. The van der Waals surface area contributed by atoms with Gasteiger partial charge in [-0.2, -0.15) is 0 Å². The summed E-state index contributed by atoms with van der Waals surface area (Å²) in [5.74, 6) is 0.148. The molecule has 6 rings (SSSR count). The van der Waals surface area contributed by atoms with Gasteiger partial charge in [0.15, 0.2) is 0 Å². The third-order valence-electron chi connectivity index (χ3n) is 6.49. The van der Waals surface area contributed by atoms with Crippen molar-refractivity contribution in [1.29, 1.82) is 0 Å². The van der Waals surface area contributed by atoms with E-state index in [-0.39, 0.29) is 12.4 Å². The van der Waals surface area contributed by atoms with Crippen molar-refractivity contribution in [2.24, 2.45) is 0 Å². The summed E-state index contributed by atoms with van der Waals surface area (Å²) >= 11 is 9.19. The molecule has 0 aliphatic rings. The van der Waals surface area contributed by atoms with Gasteiger partial charge in [0, 0.05) is 27.9 Å². The number of aromatic nitrogens is 1. The van der Waals surface area contributed by atoms with Gasteiger partial charge in [-0.1, -0.05) is 60.1 Å². The molecular weight excluding hydrogens is 534 g/mol. The standard InChI is InChI=1S/C31H22ClNO3S2/c1-2-36-30(35)25-24-12-5-6-17-33(24)27-26(25)29(28(34)20-13-15-22(32)16-14-20)38-31(27)37-18-21-10-7-9-19-8-3-4-11-23(19)21/h3-17H,2,18H2,1H3. The Balaban J connectivity index is 1.55. The van der Waals surface area contributed by atoms with Crippen LogP contribution in [0.2, 0.25) is 5.02 Å². The van der Waals surface area contributed by atoms with Crippen molar-refractivity contribution in [2.75, 3.05) is 6.61 Å². The normalized spacial score (nSPS) is 11.4. The summed E-state index contributed by atoms with van der Waals surface area (Å²) in [6, 6.07) is 27.2. The van der Waals surface area contributed by atoms with E-state index in [4.69, 9.17) is 16.3 Å². The van der Waals surface area contributed by atoms with Crippen LogP contribution in [0.5, 0.6) is 0 Å².